The van der Waals surface area contributed by atoms with E-state index in [1.807, 2.05) is 6.92 Å². The van der Waals surface area contributed by atoms with Crippen molar-refractivity contribution in [3.05, 3.63) is 12.7 Å². The quantitative estimate of drug-likeness (QED) is 0.135. The van der Waals surface area contributed by atoms with E-state index in [4.69, 9.17) is 4.74 Å². The summed E-state index contributed by atoms with van der Waals surface area (Å²) in [4.78, 5) is 11.6. The average Bonchev–Trinajstić information content (AvgIpc) is 2.62. The number of rotatable bonds is 19. The summed E-state index contributed by atoms with van der Waals surface area (Å²) in [6, 6.07) is 0. The molecular formula is C23H44O2. The minimum Gasteiger partial charge on any atom is -0.458 e. The number of esters is 1. The van der Waals surface area contributed by atoms with Gasteiger partial charge in [-0.3, -0.25) is 4.79 Å². The molecule has 0 rings (SSSR count). The molecule has 0 aromatic heterocycles. The fourth-order valence-electron chi connectivity index (χ4n) is 3.17. The number of hydrogen-bond acceptors (Lipinski definition) is 2. The number of ether oxygens (including phenoxy) is 1. The molecule has 0 saturated heterocycles. The van der Waals surface area contributed by atoms with Gasteiger partial charge < -0.3 is 4.74 Å². The SMILES string of the molecule is C=CC(CC)OC(=O)CCCCCCCCCCCCCCCCC. The summed E-state index contributed by atoms with van der Waals surface area (Å²) in [5, 5.41) is 0. The van der Waals surface area contributed by atoms with Crippen molar-refractivity contribution in [3.8, 4) is 0 Å². The van der Waals surface area contributed by atoms with Gasteiger partial charge >= 0.3 is 5.97 Å². The third-order valence-electron chi connectivity index (χ3n) is 4.93. The molecule has 25 heavy (non-hydrogen) atoms. The first-order valence-electron chi connectivity index (χ1n) is 11.1. The molecule has 148 valence electrons. The van der Waals surface area contributed by atoms with E-state index in [0.717, 1.165) is 19.3 Å². The van der Waals surface area contributed by atoms with Crippen LogP contribution in [0.5, 0.6) is 0 Å². The van der Waals surface area contributed by atoms with Crippen LogP contribution in [-0.2, 0) is 9.53 Å². The third-order valence-corrected chi connectivity index (χ3v) is 4.93. The highest BCUT2D eigenvalue weighted by Crippen LogP contribution is 2.14. The first-order valence-corrected chi connectivity index (χ1v) is 11.1. The maximum Gasteiger partial charge on any atom is 0.306 e. The summed E-state index contributed by atoms with van der Waals surface area (Å²) in [6.45, 7) is 7.97. The molecule has 1 unspecified atom stereocenters. The van der Waals surface area contributed by atoms with Crippen molar-refractivity contribution >= 4 is 5.97 Å². The molecule has 0 N–H and O–H groups in total. The van der Waals surface area contributed by atoms with Crippen molar-refractivity contribution in [2.75, 3.05) is 0 Å². The molecule has 0 spiro atoms. The van der Waals surface area contributed by atoms with E-state index >= 15 is 0 Å². The second-order valence-electron chi connectivity index (χ2n) is 7.37. The average molecular weight is 353 g/mol. The van der Waals surface area contributed by atoms with Crippen LogP contribution in [0.15, 0.2) is 12.7 Å². The molecule has 0 aromatic carbocycles. The fraction of sp³-hybridized carbons (Fsp3) is 0.870. The van der Waals surface area contributed by atoms with E-state index in [1.165, 1.54) is 83.5 Å². The minimum atomic E-state index is -0.108. The van der Waals surface area contributed by atoms with Crippen LogP contribution in [0, 0.1) is 0 Å². The normalized spacial score (nSPS) is 12.1. The Balaban J connectivity index is 3.18. The van der Waals surface area contributed by atoms with E-state index in [1.54, 1.807) is 6.08 Å². The van der Waals surface area contributed by atoms with Gasteiger partial charge in [-0.15, -0.1) is 0 Å². The van der Waals surface area contributed by atoms with Crippen molar-refractivity contribution < 1.29 is 9.53 Å². The Bertz CT molecular complexity index is 298. The summed E-state index contributed by atoms with van der Waals surface area (Å²) < 4.78 is 5.31. The summed E-state index contributed by atoms with van der Waals surface area (Å²) in [5.74, 6) is -0.0681. The summed E-state index contributed by atoms with van der Waals surface area (Å²) >= 11 is 0. The second kappa shape index (κ2) is 19.5. The molecule has 1 atom stereocenters. The predicted molar refractivity (Wildman–Crippen MR) is 110 cm³/mol. The van der Waals surface area contributed by atoms with Gasteiger partial charge in [0.15, 0.2) is 0 Å². The molecule has 0 fully saturated rings. The molecule has 0 amide bonds. The van der Waals surface area contributed by atoms with E-state index in [9.17, 15) is 4.79 Å². The third kappa shape index (κ3) is 17.8. The van der Waals surface area contributed by atoms with Crippen LogP contribution in [-0.4, -0.2) is 12.1 Å². The Morgan fingerprint density at radius 2 is 1.16 bits per heavy atom. The molecular weight excluding hydrogens is 308 g/mol. The number of carbonyl (C=O) groups is 1. The highest BCUT2D eigenvalue weighted by molar-refractivity contribution is 5.69. The highest BCUT2D eigenvalue weighted by Gasteiger charge is 2.08. The van der Waals surface area contributed by atoms with Gasteiger partial charge in [0.1, 0.15) is 6.10 Å². The van der Waals surface area contributed by atoms with Crippen molar-refractivity contribution in [2.45, 2.75) is 129 Å². The largest absolute Gasteiger partial charge is 0.458 e. The van der Waals surface area contributed by atoms with Crippen LogP contribution in [0.2, 0.25) is 0 Å². The summed E-state index contributed by atoms with van der Waals surface area (Å²) in [7, 11) is 0. The predicted octanol–water partition coefficient (Wildman–Crippen LogP) is 7.76. The molecule has 0 aliphatic carbocycles. The van der Waals surface area contributed by atoms with Crippen molar-refractivity contribution in [2.24, 2.45) is 0 Å². The lowest BCUT2D eigenvalue weighted by Crippen LogP contribution is -2.14. The smallest absolute Gasteiger partial charge is 0.306 e. The van der Waals surface area contributed by atoms with Crippen LogP contribution in [0.4, 0.5) is 0 Å². The summed E-state index contributed by atoms with van der Waals surface area (Å²) in [6.07, 6.45) is 23.2. The molecule has 0 aromatic rings. The minimum absolute atomic E-state index is 0.0681. The Morgan fingerprint density at radius 3 is 1.52 bits per heavy atom. The van der Waals surface area contributed by atoms with Gasteiger partial charge in [-0.05, 0) is 12.8 Å². The van der Waals surface area contributed by atoms with Crippen LogP contribution in [0.1, 0.15) is 123 Å². The Kier molecular flexibility index (Phi) is 18.9. The van der Waals surface area contributed by atoms with Crippen LogP contribution in [0.3, 0.4) is 0 Å². The lowest BCUT2D eigenvalue weighted by atomic mass is 10.0. The van der Waals surface area contributed by atoms with Crippen molar-refractivity contribution in [1.82, 2.24) is 0 Å². The molecule has 0 bridgehead atoms. The first kappa shape index (κ1) is 24.2. The standard InChI is InChI=1S/C23H44O2/c1-4-7-8-9-10-11-12-13-14-15-16-17-18-19-20-21-23(24)25-22(5-2)6-3/h5,22H,2,4,6-21H2,1,3H3. The molecule has 0 aliphatic heterocycles. The molecule has 2 nitrogen and oxygen atoms in total. The van der Waals surface area contributed by atoms with Gasteiger partial charge in [0, 0.05) is 6.42 Å². The zero-order chi connectivity index (χ0) is 18.6. The molecule has 0 aliphatic rings. The monoisotopic (exact) mass is 352 g/mol. The molecule has 2 heteroatoms. The lowest BCUT2D eigenvalue weighted by molar-refractivity contribution is -0.147. The highest BCUT2D eigenvalue weighted by atomic mass is 16.5. The Hall–Kier alpha value is -0.790. The van der Waals surface area contributed by atoms with Gasteiger partial charge in [-0.25, -0.2) is 0 Å². The van der Waals surface area contributed by atoms with Gasteiger partial charge in [0.25, 0.3) is 0 Å². The number of unbranched alkanes of at least 4 members (excludes halogenated alkanes) is 14. The van der Waals surface area contributed by atoms with Crippen LogP contribution in [0.25, 0.3) is 0 Å². The van der Waals surface area contributed by atoms with Gasteiger partial charge in [0.2, 0.25) is 0 Å². The molecule has 0 radical (unpaired) electrons. The van der Waals surface area contributed by atoms with Gasteiger partial charge in [0.05, 0.1) is 0 Å². The van der Waals surface area contributed by atoms with Gasteiger partial charge in [-0.1, -0.05) is 116 Å². The molecule has 0 heterocycles. The zero-order valence-electron chi connectivity index (χ0n) is 17.2. The number of carbonyl (C=O) groups excluding carboxylic acids is 1. The Labute approximate surface area is 157 Å². The topological polar surface area (TPSA) is 26.3 Å². The van der Waals surface area contributed by atoms with Crippen LogP contribution >= 0.6 is 0 Å². The first-order chi connectivity index (χ1) is 12.2. The van der Waals surface area contributed by atoms with E-state index in [2.05, 4.69) is 13.5 Å². The second-order valence-corrected chi connectivity index (χ2v) is 7.37. The maximum atomic E-state index is 11.6. The van der Waals surface area contributed by atoms with E-state index in [-0.39, 0.29) is 12.1 Å². The summed E-state index contributed by atoms with van der Waals surface area (Å²) in [5.41, 5.74) is 0. The molecule has 0 saturated carbocycles. The lowest BCUT2D eigenvalue weighted by Gasteiger charge is -2.11. The maximum absolute atomic E-state index is 11.6. The van der Waals surface area contributed by atoms with Gasteiger partial charge in [-0.2, -0.15) is 0 Å². The number of hydrogen-bond donors (Lipinski definition) is 0. The van der Waals surface area contributed by atoms with Crippen molar-refractivity contribution in [1.29, 1.82) is 0 Å². The Morgan fingerprint density at radius 1 is 0.760 bits per heavy atom. The zero-order valence-corrected chi connectivity index (χ0v) is 17.2. The van der Waals surface area contributed by atoms with E-state index < -0.39 is 0 Å². The van der Waals surface area contributed by atoms with Crippen molar-refractivity contribution in [3.63, 3.8) is 0 Å². The van der Waals surface area contributed by atoms with Crippen LogP contribution < -0.4 is 0 Å². The fourth-order valence-corrected chi connectivity index (χ4v) is 3.17. The van der Waals surface area contributed by atoms with E-state index in [0.29, 0.717) is 6.42 Å².